The average molecular weight is 339 g/mol. The van der Waals surface area contributed by atoms with E-state index >= 15 is 0 Å². The lowest BCUT2D eigenvalue weighted by molar-refractivity contribution is -0.134. The second kappa shape index (κ2) is 7.79. The summed E-state index contributed by atoms with van der Waals surface area (Å²) >= 11 is 0. The number of amides is 1. The van der Waals surface area contributed by atoms with Crippen LogP contribution in [0.1, 0.15) is 34.6 Å². The van der Waals surface area contributed by atoms with Gasteiger partial charge in [0.25, 0.3) is 5.91 Å². The van der Waals surface area contributed by atoms with E-state index in [0.717, 1.165) is 36.2 Å². The number of nitrogens with zero attached hydrogens (tertiary/aromatic N) is 2. The maximum Gasteiger partial charge on any atom is 0.330 e. The van der Waals surface area contributed by atoms with Gasteiger partial charge in [-0.3, -0.25) is 4.79 Å². The lowest BCUT2D eigenvalue weighted by Crippen LogP contribution is -2.25. The molecule has 25 heavy (non-hydrogen) atoms. The Morgan fingerprint density at radius 2 is 2.08 bits per heavy atom. The third-order valence-corrected chi connectivity index (χ3v) is 4.20. The fraction of sp³-hybridized carbons (Fsp3) is 0.316. The molecule has 0 saturated heterocycles. The number of hydrogen-bond acceptors (Lipinski definition) is 4. The summed E-state index contributed by atoms with van der Waals surface area (Å²) < 4.78 is 6.40. The van der Waals surface area contributed by atoms with E-state index < -0.39 is 5.97 Å². The maximum absolute atomic E-state index is 12.5. The summed E-state index contributed by atoms with van der Waals surface area (Å²) in [5.74, 6) is -0.565. The summed E-state index contributed by atoms with van der Waals surface area (Å²) in [6, 6.07) is 9.87. The van der Waals surface area contributed by atoms with Gasteiger partial charge < -0.3 is 10.1 Å². The molecule has 3 rings (SSSR count). The van der Waals surface area contributed by atoms with Gasteiger partial charge in [-0.25, -0.2) is 9.48 Å². The molecule has 1 heterocycles. The molecule has 6 nitrogen and oxygen atoms in total. The van der Waals surface area contributed by atoms with Crippen molar-refractivity contribution >= 4 is 11.9 Å². The number of esters is 1. The van der Waals surface area contributed by atoms with Gasteiger partial charge in [0, 0.05) is 23.9 Å². The third-order valence-electron chi connectivity index (χ3n) is 4.20. The predicted octanol–water partition coefficient (Wildman–Crippen LogP) is 2.21. The van der Waals surface area contributed by atoms with E-state index in [1.54, 1.807) is 6.08 Å². The standard InChI is InChI=1S/C19H21N3O3/c1-25-17(23)12-5-6-13-20-19(24)18-15-10-7-11-16(15)22(21-18)14-8-3-2-4-9-14/h2-5,8-9,12H,6-7,10-11,13H2,1H3,(H,20,24)/b12-5+. The number of para-hydroxylation sites is 1. The van der Waals surface area contributed by atoms with Crippen LogP contribution in [-0.4, -0.2) is 35.3 Å². The third kappa shape index (κ3) is 3.79. The van der Waals surface area contributed by atoms with Crippen molar-refractivity contribution in [2.24, 2.45) is 0 Å². The number of benzene rings is 1. The fourth-order valence-electron chi connectivity index (χ4n) is 3.00. The Morgan fingerprint density at radius 3 is 2.84 bits per heavy atom. The normalized spacial score (nSPS) is 13.0. The van der Waals surface area contributed by atoms with Crippen LogP contribution in [0, 0.1) is 0 Å². The van der Waals surface area contributed by atoms with Crippen molar-refractivity contribution in [3.8, 4) is 5.69 Å². The summed E-state index contributed by atoms with van der Waals surface area (Å²) in [5, 5.41) is 7.42. The molecule has 0 saturated carbocycles. The molecular weight excluding hydrogens is 318 g/mol. The van der Waals surface area contributed by atoms with E-state index in [1.165, 1.54) is 13.2 Å². The fourth-order valence-corrected chi connectivity index (χ4v) is 3.00. The summed E-state index contributed by atoms with van der Waals surface area (Å²) in [4.78, 5) is 23.5. The Labute approximate surface area is 146 Å². The number of methoxy groups -OCH3 is 1. The van der Waals surface area contributed by atoms with E-state index in [2.05, 4.69) is 15.2 Å². The molecule has 0 spiro atoms. The molecule has 6 heteroatoms. The van der Waals surface area contributed by atoms with Crippen molar-refractivity contribution in [1.82, 2.24) is 15.1 Å². The summed E-state index contributed by atoms with van der Waals surface area (Å²) in [6.45, 7) is 0.444. The van der Waals surface area contributed by atoms with Crippen LogP contribution < -0.4 is 5.32 Å². The smallest absolute Gasteiger partial charge is 0.330 e. The Morgan fingerprint density at radius 1 is 1.28 bits per heavy atom. The van der Waals surface area contributed by atoms with E-state index in [0.29, 0.717) is 18.7 Å². The molecule has 2 aromatic rings. The van der Waals surface area contributed by atoms with Crippen molar-refractivity contribution in [1.29, 1.82) is 0 Å². The van der Waals surface area contributed by atoms with Crippen molar-refractivity contribution < 1.29 is 14.3 Å². The monoisotopic (exact) mass is 339 g/mol. The van der Waals surface area contributed by atoms with Crippen molar-refractivity contribution in [3.63, 3.8) is 0 Å². The first-order valence-electron chi connectivity index (χ1n) is 8.39. The zero-order valence-corrected chi connectivity index (χ0v) is 14.2. The molecule has 1 N–H and O–H groups in total. The summed E-state index contributed by atoms with van der Waals surface area (Å²) in [5.41, 5.74) is 3.66. The zero-order chi connectivity index (χ0) is 17.6. The molecule has 0 fully saturated rings. The van der Waals surface area contributed by atoms with Crippen LogP contribution in [0.25, 0.3) is 5.69 Å². The molecular formula is C19H21N3O3. The second-order valence-corrected chi connectivity index (χ2v) is 5.84. The van der Waals surface area contributed by atoms with Gasteiger partial charge >= 0.3 is 5.97 Å². The molecule has 1 aliphatic rings. The molecule has 0 atom stereocenters. The van der Waals surface area contributed by atoms with E-state index in [-0.39, 0.29) is 5.91 Å². The van der Waals surface area contributed by atoms with Crippen LogP contribution in [0.15, 0.2) is 42.5 Å². The van der Waals surface area contributed by atoms with Crippen LogP contribution in [-0.2, 0) is 22.4 Å². The number of fused-ring (bicyclic) bond motifs is 1. The van der Waals surface area contributed by atoms with E-state index in [4.69, 9.17) is 0 Å². The van der Waals surface area contributed by atoms with Crippen molar-refractivity contribution in [2.45, 2.75) is 25.7 Å². The highest BCUT2D eigenvalue weighted by Gasteiger charge is 2.26. The van der Waals surface area contributed by atoms with Gasteiger partial charge in [0.2, 0.25) is 0 Å². The minimum atomic E-state index is -0.397. The molecule has 1 aromatic heterocycles. The van der Waals surface area contributed by atoms with E-state index in [9.17, 15) is 9.59 Å². The maximum atomic E-state index is 12.5. The van der Waals surface area contributed by atoms with Gasteiger partial charge in [0.05, 0.1) is 12.8 Å². The molecule has 0 bridgehead atoms. The van der Waals surface area contributed by atoms with Crippen LogP contribution in [0.2, 0.25) is 0 Å². The van der Waals surface area contributed by atoms with Gasteiger partial charge in [-0.1, -0.05) is 24.3 Å². The molecule has 130 valence electrons. The molecule has 1 aromatic carbocycles. The number of hydrogen-bond donors (Lipinski definition) is 1. The summed E-state index contributed by atoms with van der Waals surface area (Å²) in [6.07, 6.45) is 6.46. The topological polar surface area (TPSA) is 73.2 Å². The molecule has 0 radical (unpaired) electrons. The van der Waals surface area contributed by atoms with Crippen LogP contribution in [0.4, 0.5) is 0 Å². The van der Waals surface area contributed by atoms with Gasteiger partial charge in [-0.2, -0.15) is 5.10 Å². The minimum absolute atomic E-state index is 0.167. The van der Waals surface area contributed by atoms with Gasteiger partial charge in [-0.05, 0) is 37.8 Å². The molecule has 1 aliphatic carbocycles. The Balaban J connectivity index is 1.69. The lowest BCUT2D eigenvalue weighted by atomic mass is 10.2. The van der Waals surface area contributed by atoms with Gasteiger partial charge in [0.15, 0.2) is 5.69 Å². The minimum Gasteiger partial charge on any atom is -0.466 e. The number of nitrogens with one attached hydrogen (secondary N) is 1. The van der Waals surface area contributed by atoms with Crippen LogP contribution >= 0.6 is 0 Å². The Bertz CT molecular complexity index is 794. The van der Waals surface area contributed by atoms with Crippen molar-refractivity contribution in [2.75, 3.05) is 13.7 Å². The average Bonchev–Trinajstić information content (AvgIpc) is 3.24. The summed E-state index contributed by atoms with van der Waals surface area (Å²) in [7, 11) is 1.33. The van der Waals surface area contributed by atoms with Gasteiger partial charge in [-0.15, -0.1) is 0 Å². The molecule has 0 aliphatic heterocycles. The number of aromatic nitrogens is 2. The van der Waals surface area contributed by atoms with Gasteiger partial charge in [0.1, 0.15) is 0 Å². The zero-order valence-electron chi connectivity index (χ0n) is 14.2. The highest BCUT2D eigenvalue weighted by atomic mass is 16.5. The SMILES string of the molecule is COC(=O)/C=C/CCNC(=O)c1nn(-c2ccccc2)c2c1CCC2. The van der Waals surface area contributed by atoms with Crippen molar-refractivity contribution in [3.05, 3.63) is 59.4 Å². The first kappa shape index (κ1) is 17.0. The predicted molar refractivity (Wildman–Crippen MR) is 93.7 cm³/mol. The number of carbonyl (C=O) groups excluding carboxylic acids is 2. The van der Waals surface area contributed by atoms with E-state index in [1.807, 2.05) is 35.0 Å². The lowest BCUT2D eigenvalue weighted by Gasteiger charge is -2.04. The highest BCUT2D eigenvalue weighted by molar-refractivity contribution is 5.94. The molecule has 0 unspecified atom stereocenters. The number of rotatable bonds is 6. The second-order valence-electron chi connectivity index (χ2n) is 5.84. The highest BCUT2D eigenvalue weighted by Crippen LogP contribution is 2.27. The first-order chi connectivity index (χ1) is 12.2. The Kier molecular flexibility index (Phi) is 5.28. The molecule has 1 amide bonds. The van der Waals surface area contributed by atoms with Crippen LogP contribution in [0.5, 0.6) is 0 Å². The quantitative estimate of drug-likeness (QED) is 0.497. The van der Waals surface area contributed by atoms with Crippen LogP contribution in [0.3, 0.4) is 0 Å². The Hall–Kier alpha value is -2.89. The largest absolute Gasteiger partial charge is 0.466 e. The first-order valence-corrected chi connectivity index (χ1v) is 8.39. The number of carbonyl (C=O) groups is 2. The number of ether oxygens (including phenoxy) is 1.